The van der Waals surface area contributed by atoms with Crippen molar-refractivity contribution >= 4 is 5.97 Å². The van der Waals surface area contributed by atoms with Crippen molar-refractivity contribution in [1.82, 2.24) is 0 Å². The second-order valence-corrected chi connectivity index (χ2v) is 3.66. The van der Waals surface area contributed by atoms with Crippen LogP contribution < -0.4 is 4.74 Å². The van der Waals surface area contributed by atoms with Crippen molar-refractivity contribution in [3.63, 3.8) is 0 Å². The van der Waals surface area contributed by atoms with E-state index in [1.807, 2.05) is 0 Å². The monoisotopic (exact) mass is 264 g/mol. The average Bonchev–Trinajstić information content (AvgIpc) is 2.25. The predicted octanol–water partition coefficient (Wildman–Crippen LogP) is 2.34. The number of carboxylic acid groups (broad SMARTS) is 1. The lowest BCUT2D eigenvalue weighted by Crippen LogP contribution is -2.22. The lowest BCUT2D eigenvalue weighted by atomic mass is 9.97. The number of benzene rings is 1. The van der Waals surface area contributed by atoms with Crippen LogP contribution in [0.1, 0.15) is 18.6 Å². The molecule has 0 heterocycles. The summed E-state index contributed by atoms with van der Waals surface area (Å²) in [5, 5.41) is 18.4. The summed E-state index contributed by atoms with van der Waals surface area (Å²) in [4.78, 5) is 10.7. The van der Waals surface area contributed by atoms with Gasteiger partial charge in [0.1, 0.15) is 5.75 Å². The Morgan fingerprint density at radius 1 is 1.33 bits per heavy atom. The Labute approximate surface area is 101 Å². The van der Waals surface area contributed by atoms with E-state index in [0.29, 0.717) is 0 Å². The molecule has 0 saturated heterocycles. The fourth-order valence-corrected chi connectivity index (χ4v) is 1.35. The van der Waals surface area contributed by atoms with Crippen LogP contribution in [-0.2, 0) is 4.79 Å². The molecule has 1 aromatic carbocycles. The van der Waals surface area contributed by atoms with Gasteiger partial charge in [0.05, 0.1) is 12.0 Å². The number of carboxylic acids is 1. The first-order valence-corrected chi connectivity index (χ1v) is 4.98. The van der Waals surface area contributed by atoms with Crippen molar-refractivity contribution in [3.8, 4) is 5.75 Å². The van der Waals surface area contributed by atoms with Crippen LogP contribution >= 0.6 is 0 Å². The normalized spacial score (nSPS) is 14.9. The molecule has 0 amide bonds. The number of hydrogen-bond acceptors (Lipinski definition) is 3. The van der Waals surface area contributed by atoms with E-state index in [-0.39, 0.29) is 5.56 Å². The van der Waals surface area contributed by atoms with Crippen molar-refractivity contribution in [1.29, 1.82) is 0 Å². The Balaban J connectivity index is 3.05. The predicted molar refractivity (Wildman–Crippen MR) is 54.9 cm³/mol. The molecule has 18 heavy (non-hydrogen) atoms. The van der Waals surface area contributed by atoms with Crippen molar-refractivity contribution in [2.75, 3.05) is 0 Å². The number of halogens is 3. The van der Waals surface area contributed by atoms with Gasteiger partial charge >= 0.3 is 12.3 Å². The van der Waals surface area contributed by atoms with Gasteiger partial charge in [-0.15, -0.1) is 13.2 Å². The molecule has 0 spiro atoms. The van der Waals surface area contributed by atoms with Crippen LogP contribution in [0.3, 0.4) is 0 Å². The molecular formula is C11H11F3O4. The van der Waals surface area contributed by atoms with Gasteiger partial charge in [0.25, 0.3) is 0 Å². The molecule has 0 aromatic heterocycles. The molecule has 1 aromatic rings. The third kappa shape index (κ3) is 3.63. The van der Waals surface area contributed by atoms with E-state index in [1.54, 1.807) is 0 Å². The van der Waals surface area contributed by atoms with Crippen LogP contribution in [0, 0.1) is 5.92 Å². The SMILES string of the molecule is CC(C(=O)O)C(O)c1ccccc1OC(F)(F)F. The number of aliphatic carboxylic acids is 1. The Morgan fingerprint density at radius 3 is 2.39 bits per heavy atom. The van der Waals surface area contributed by atoms with E-state index in [2.05, 4.69) is 4.74 Å². The molecular weight excluding hydrogens is 253 g/mol. The van der Waals surface area contributed by atoms with Gasteiger partial charge in [0.2, 0.25) is 0 Å². The number of hydrogen-bond donors (Lipinski definition) is 2. The topological polar surface area (TPSA) is 66.8 Å². The summed E-state index contributed by atoms with van der Waals surface area (Å²) < 4.78 is 40.1. The quantitative estimate of drug-likeness (QED) is 0.875. The maximum atomic E-state index is 12.1. The maximum Gasteiger partial charge on any atom is 0.573 e. The number of carbonyl (C=O) groups is 1. The third-order valence-electron chi connectivity index (χ3n) is 2.33. The lowest BCUT2D eigenvalue weighted by Gasteiger charge is -2.19. The summed E-state index contributed by atoms with van der Waals surface area (Å²) in [6, 6.07) is 4.88. The Kier molecular flexibility index (Phi) is 4.18. The zero-order chi connectivity index (χ0) is 13.9. The zero-order valence-corrected chi connectivity index (χ0v) is 9.31. The fourth-order valence-electron chi connectivity index (χ4n) is 1.35. The minimum absolute atomic E-state index is 0.218. The number of para-hydroxylation sites is 1. The standard InChI is InChI=1S/C11H11F3O4/c1-6(10(16)17)9(15)7-4-2-3-5-8(7)18-11(12,13)14/h2-6,9,15H,1H3,(H,16,17). The smallest absolute Gasteiger partial charge is 0.481 e. The van der Waals surface area contributed by atoms with E-state index in [9.17, 15) is 23.1 Å². The first kappa shape index (κ1) is 14.3. The van der Waals surface area contributed by atoms with E-state index < -0.39 is 30.1 Å². The number of aliphatic hydroxyl groups is 1. The van der Waals surface area contributed by atoms with E-state index >= 15 is 0 Å². The molecule has 2 atom stereocenters. The highest BCUT2D eigenvalue weighted by molar-refractivity contribution is 5.70. The van der Waals surface area contributed by atoms with Crippen molar-refractivity contribution in [2.45, 2.75) is 19.4 Å². The van der Waals surface area contributed by atoms with Gasteiger partial charge in [-0.3, -0.25) is 4.79 Å². The second kappa shape index (κ2) is 5.26. The maximum absolute atomic E-state index is 12.1. The Bertz CT molecular complexity index is 431. The molecule has 0 saturated carbocycles. The Morgan fingerprint density at radius 2 is 1.89 bits per heavy atom. The summed E-state index contributed by atoms with van der Waals surface area (Å²) in [6.07, 6.45) is -6.48. The van der Waals surface area contributed by atoms with Crippen LogP contribution in [0.25, 0.3) is 0 Å². The number of ether oxygens (including phenoxy) is 1. The number of alkyl halides is 3. The molecule has 0 aliphatic carbocycles. The minimum atomic E-state index is -4.90. The number of aliphatic hydroxyl groups excluding tert-OH is 1. The molecule has 2 unspecified atom stereocenters. The average molecular weight is 264 g/mol. The number of rotatable bonds is 4. The van der Waals surface area contributed by atoms with E-state index in [1.165, 1.54) is 25.1 Å². The van der Waals surface area contributed by atoms with Crippen LogP contribution in [0.5, 0.6) is 5.75 Å². The van der Waals surface area contributed by atoms with Gasteiger partial charge in [-0.1, -0.05) is 18.2 Å². The molecule has 0 aliphatic rings. The van der Waals surface area contributed by atoms with Crippen LogP contribution in [-0.4, -0.2) is 22.5 Å². The van der Waals surface area contributed by atoms with Crippen LogP contribution in [0.4, 0.5) is 13.2 Å². The van der Waals surface area contributed by atoms with E-state index in [0.717, 1.165) is 6.07 Å². The molecule has 2 N–H and O–H groups in total. The van der Waals surface area contributed by atoms with Gasteiger partial charge < -0.3 is 14.9 Å². The van der Waals surface area contributed by atoms with Crippen LogP contribution in [0.2, 0.25) is 0 Å². The van der Waals surface area contributed by atoms with Gasteiger partial charge in [-0.05, 0) is 13.0 Å². The largest absolute Gasteiger partial charge is 0.573 e. The fraction of sp³-hybridized carbons (Fsp3) is 0.364. The van der Waals surface area contributed by atoms with Crippen LogP contribution in [0.15, 0.2) is 24.3 Å². The zero-order valence-electron chi connectivity index (χ0n) is 9.31. The van der Waals surface area contributed by atoms with Gasteiger partial charge in [-0.2, -0.15) is 0 Å². The molecule has 0 radical (unpaired) electrons. The van der Waals surface area contributed by atoms with Crippen molar-refractivity contribution < 1.29 is 32.9 Å². The second-order valence-electron chi connectivity index (χ2n) is 3.66. The highest BCUT2D eigenvalue weighted by Gasteiger charge is 2.34. The van der Waals surface area contributed by atoms with E-state index in [4.69, 9.17) is 5.11 Å². The highest BCUT2D eigenvalue weighted by Crippen LogP contribution is 2.33. The molecule has 100 valence electrons. The van der Waals surface area contributed by atoms with Gasteiger partial charge in [-0.25, -0.2) is 0 Å². The molecule has 1 rings (SSSR count). The highest BCUT2D eigenvalue weighted by atomic mass is 19.4. The molecule has 0 aliphatic heterocycles. The molecule has 0 bridgehead atoms. The molecule has 0 fully saturated rings. The third-order valence-corrected chi connectivity index (χ3v) is 2.33. The lowest BCUT2D eigenvalue weighted by molar-refractivity contribution is -0.275. The first-order valence-electron chi connectivity index (χ1n) is 4.98. The first-order chi connectivity index (χ1) is 8.22. The molecule has 7 heteroatoms. The summed E-state index contributed by atoms with van der Waals surface area (Å²) in [5.41, 5.74) is -0.218. The van der Waals surface area contributed by atoms with Crippen molar-refractivity contribution in [3.05, 3.63) is 29.8 Å². The minimum Gasteiger partial charge on any atom is -0.481 e. The molecule has 4 nitrogen and oxygen atoms in total. The Hall–Kier alpha value is -1.76. The van der Waals surface area contributed by atoms with Gasteiger partial charge in [0.15, 0.2) is 0 Å². The summed E-state index contributed by atoms with van der Waals surface area (Å²) in [5.74, 6) is -3.17. The summed E-state index contributed by atoms with van der Waals surface area (Å²) in [6.45, 7) is 1.19. The van der Waals surface area contributed by atoms with Gasteiger partial charge in [0, 0.05) is 5.56 Å². The summed E-state index contributed by atoms with van der Waals surface area (Å²) >= 11 is 0. The summed E-state index contributed by atoms with van der Waals surface area (Å²) in [7, 11) is 0. The van der Waals surface area contributed by atoms with Crippen molar-refractivity contribution in [2.24, 2.45) is 5.92 Å².